The van der Waals surface area contributed by atoms with E-state index in [0.29, 0.717) is 13.2 Å². The molecular formula is C14H21NO3. The minimum absolute atomic E-state index is 0.0354. The largest absolute Gasteiger partial charge is 0.492 e. The van der Waals surface area contributed by atoms with Crippen molar-refractivity contribution in [3.8, 4) is 5.75 Å². The molecule has 0 spiro atoms. The minimum Gasteiger partial charge on any atom is -0.492 e. The first-order valence-electron chi connectivity index (χ1n) is 6.05. The maximum absolute atomic E-state index is 10.3. The molecule has 1 rings (SSSR count). The van der Waals surface area contributed by atoms with Gasteiger partial charge in [-0.25, -0.2) is 0 Å². The van der Waals surface area contributed by atoms with Crippen LogP contribution in [0, 0.1) is 0 Å². The summed E-state index contributed by atoms with van der Waals surface area (Å²) in [5, 5.41) is 11.2. The first-order valence-corrected chi connectivity index (χ1v) is 6.05. The highest BCUT2D eigenvalue weighted by atomic mass is 16.5. The Hall–Kier alpha value is -1.55. The molecule has 0 saturated carbocycles. The normalized spacial score (nSPS) is 11.3. The van der Waals surface area contributed by atoms with Crippen molar-refractivity contribution in [2.75, 3.05) is 19.7 Å². The van der Waals surface area contributed by atoms with E-state index in [1.54, 1.807) is 0 Å². The summed E-state index contributed by atoms with van der Waals surface area (Å²) in [4.78, 5) is 10.3. The molecule has 0 amide bonds. The van der Waals surface area contributed by atoms with Gasteiger partial charge in [-0.05, 0) is 23.1 Å². The van der Waals surface area contributed by atoms with Gasteiger partial charge in [0, 0.05) is 6.54 Å². The van der Waals surface area contributed by atoms with Gasteiger partial charge >= 0.3 is 5.97 Å². The van der Waals surface area contributed by atoms with Crippen LogP contribution in [0.5, 0.6) is 5.75 Å². The SMILES string of the molecule is CC(C)(C)c1ccc(OCCNCC(=O)O)cc1. The molecule has 4 heteroatoms. The summed E-state index contributed by atoms with van der Waals surface area (Å²) in [6.45, 7) is 7.44. The highest BCUT2D eigenvalue weighted by molar-refractivity contribution is 5.68. The molecule has 0 fully saturated rings. The van der Waals surface area contributed by atoms with Crippen molar-refractivity contribution in [3.63, 3.8) is 0 Å². The third kappa shape index (κ3) is 5.19. The second-order valence-corrected chi connectivity index (χ2v) is 5.19. The van der Waals surface area contributed by atoms with Crippen LogP contribution >= 0.6 is 0 Å². The van der Waals surface area contributed by atoms with E-state index >= 15 is 0 Å². The molecule has 0 aliphatic rings. The van der Waals surface area contributed by atoms with Gasteiger partial charge in [-0.3, -0.25) is 4.79 Å². The van der Waals surface area contributed by atoms with E-state index in [0.717, 1.165) is 5.75 Å². The monoisotopic (exact) mass is 251 g/mol. The van der Waals surface area contributed by atoms with Gasteiger partial charge in [0.15, 0.2) is 0 Å². The van der Waals surface area contributed by atoms with Crippen molar-refractivity contribution in [2.45, 2.75) is 26.2 Å². The van der Waals surface area contributed by atoms with Crippen LogP contribution in [0.4, 0.5) is 0 Å². The third-order valence-corrected chi connectivity index (χ3v) is 2.54. The molecule has 100 valence electrons. The maximum Gasteiger partial charge on any atom is 0.317 e. The first kappa shape index (κ1) is 14.5. The number of benzene rings is 1. The van der Waals surface area contributed by atoms with Gasteiger partial charge in [0.1, 0.15) is 12.4 Å². The van der Waals surface area contributed by atoms with E-state index in [4.69, 9.17) is 9.84 Å². The van der Waals surface area contributed by atoms with Gasteiger partial charge in [-0.2, -0.15) is 0 Å². The van der Waals surface area contributed by atoms with E-state index < -0.39 is 5.97 Å². The van der Waals surface area contributed by atoms with Crippen molar-refractivity contribution in [3.05, 3.63) is 29.8 Å². The van der Waals surface area contributed by atoms with E-state index in [1.165, 1.54) is 5.56 Å². The molecule has 0 heterocycles. The smallest absolute Gasteiger partial charge is 0.317 e. The van der Waals surface area contributed by atoms with Gasteiger partial charge in [-0.1, -0.05) is 32.9 Å². The topological polar surface area (TPSA) is 58.6 Å². The van der Waals surface area contributed by atoms with E-state index in [9.17, 15) is 4.79 Å². The van der Waals surface area contributed by atoms with Gasteiger partial charge in [0.25, 0.3) is 0 Å². The molecule has 0 radical (unpaired) electrons. The lowest BCUT2D eigenvalue weighted by Crippen LogP contribution is -2.26. The molecule has 1 aromatic rings. The Morgan fingerprint density at radius 2 is 1.89 bits per heavy atom. The lowest BCUT2D eigenvalue weighted by molar-refractivity contribution is -0.135. The van der Waals surface area contributed by atoms with Gasteiger partial charge in [0.2, 0.25) is 0 Å². The number of carbonyl (C=O) groups is 1. The van der Waals surface area contributed by atoms with Crippen LogP contribution in [0.3, 0.4) is 0 Å². The van der Waals surface area contributed by atoms with Crippen LogP contribution in [-0.4, -0.2) is 30.8 Å². The molecule has 0 atom stereocenters. The van der Waals surface area contributed by atoms with Crippen LogP contribution in [0.25, 0.3) is 0 Å². The fraction of sp³-hybridized carbons (Fsp3) is 0.500. The fourth-order valence-electron chi connectivity index (χ4n) is 1.49. The number of carboxylic acid groups (broad SMARTS) is 1. The molecule has 0 aromatic heterocycles. The summed E-state index contributed by atoms with van der Waals surface area (Å²) in [5.74, 6) is -0.0512. The predicted molar refractivity (Wildman–Crippen MR) is 71.1 cm³/mol. The molecule has 0 bridgehead atoms. The second-order valence-electron chi connectivity index (χ2n) is 5.19. The van der Waals surface area contributed by atoms with Crippen molar-refractivity contribution in [2.24, 2.45) is 0 Å². The number of hydrogen-bond donors (Lipinski definition) is 2. The number of ether oxygens (including phenoxy) is 1. The molecule has 2 N–H and O–H groups in total. The van der Waals surface area contributed by atoms with Crippen molar-refractivity contribution in [1.82, 2.24) is 5.32 Å². The molecule has 0 aliphatic carbocycles. The van der Waals surface area contributed by atoms with Crippen LogP contribution in [-0.2, 0) is 10.2 Å². The number of rotatable bonds is 6. The Bertz CT molecular complexity index is 379. The Balaban J connectivity index is 2.33. The summed E-state index contributed by atoms with van der Waals surface area (Å²) < 4.78 is 5.50. The van der Waals surface area contributed by atoms with Gasteiger partial charge in [-0.15, -0.1) is 0 Å². The van der Waals surface area contributed by atoms with Gasteiger partial charge < -0.3 is 15.2 Å². The van der Waals surface area contributed by atoms with Crippen LogP contribution in [0.1, 0.15) is 26.3 Å². The highest BCUT2D eigenvalue weighted by Gasteiger charge is 2.12. The summed E-state index contributed by atoms with van der Waals surface area (Å²) >= 11 is 0. The maximum atomic E-state index is 10.3. The quantitative estimate of drug-likeness (QED) is 0.760. The zero-order chi connectivity index (χ0) is 13.6. The number of aliphatic carboxylic acids is 1. The summed E-state index contributed by atoms with van der Waals surface area (Å²) in [5.41, 5.74) is 1.40. The summed E-state index contributed by atoms with van der Waals surface area (Å²) in [6.07, 6.45) is 0. The predicted octanol–water partition coefficient (Wildman–Crippen LogP) is 2.04. The van der Waals surface area contributed by atoms with Crippen LogP contribution in [0.15, 0.2) is 24.3 Å². The molecular weight excluding hydrogens is 230 g/mol. The summed E-state index contributed by atoms with van der Waals surface area (Å²) in [6, 6.07) is 8.00. The molecule has 0 unspecified atom stereocenters. The fourth-order valence-corrected chi connectivity index (χ4v) is 1.49. The number of carboxylic acids is 1. The lowest BCUT2D eigenvalue weighted by atomic mass is 9.87. The Morgan fingerprint density at radius 3 is 2.39 bits per heavy atom. The zero-order valence-corrected chi connectivity index (χ0v) is 11.2. The molecule has 4 nitrogen and oxygen atoms in total. The number of hydrogen-bond acceptors (Lipinski definition) is 3. The molecule has 1 aromatic carbocycles. The second kappa shape index (κ2) is 6.40. The number of nitrogens with one attached hydrogen (secondary N) is 1. The average Bonchev–Trinajstić information content (AvgIpc) is 2.27. The van der Waals surface area contributed by atoms with Gasteiger partial charge in [0.05, 0.1) is 6.54 Å². The Kier molecular flexibility index (Phi) is 5.16. The van der Waals surface area contributed by atoms with Crippen LogP contribution < -0.4 is 10.1 Å². The van der Waals surface area contributed by atoms with E-state index in [1.807, 2.05) is 12.1 Å². The summed E-state index contributed by atoms with van der Waals surface area (Å²) in [7, 11) is 0. The molecule has 18 heavy (non-hydrogen) atoms. The molecule has 0 saturated heterocycles. The van der Waals surface area contributed by atoms with Crippen LogP contribution in [0.2, 0.25) is 0 Å². The highest BCUT2D eigenvalue weighted by Crippen LogP contribution is 2.24. The lowest BCUT2D eigenvalue weighted by Gasteiger charge is -2.19. The Labute approximate surface area is 108 Å². The third-order valence-electron chi connectivity index (χ3n) is 2.54. The van der Waals surface area contributed by atoms with E-state index in [-0.39, 0.29) is 12.0 Å². The standard InChI is InChI=1S/C14H21NO3/c1-14(2,3)11-4-6-12(7-5-11)18-9-8-15-10-13(16)17/h4-7,15H,8-10H2,1-3H3,(H,16,17). The van der Waals surface area contributed by atoms with Crippen molar-refractivity contribution >= 4 is 5.97 Å². The van der Waals surface area contributed by atoms with Crippen molar-refractivity contribution in [1.29, 1.82) is 0 Å². The first-order chi connectivity index (χ1) is 8.39. The Morgan fingerprint density at radius 1 is 1.28 bits per heavy atom. The molecule has 0 aliphatic heterocycles. The zero-order valence-electron chi connectivity index (χ0n) is 11.2. The average molecular weight is 251 g/mol. The van der Waals surface area contributed by atoms with E-state index in [2.05, 4.69) is 38.2 Å². The minimum atomic E-state index is -0.857. The van der Waals surface area contributed by atoms with Crippen molar-refractivity contribution < 1.29 is 14.6 Å².